The highest BCUT2D eigenvalue weighted by Gasteiger charge is 2.48. The molecule has 3 aliphatic rings. The zero-order valence-electron chi connectivity index (χ0n) is 14.9. The largest absolute Gasteiger partial charge is 0.356 e. The van der Waals surface area contributed by atoms with Crippen LogP contribution in [0, 0.1) is 12.3 Å². The molecule has 0 saturated carbocycles. The molecule has 3 aliphatic heterocycles. The van der Waals surface area contributed by atoms with Crippen LogP contribution in [-0.4, -0.2) is 43.6 Å². The summed E-state index contributed by atoms with van der Waals surface area (Å²) in [7, 11) is -1.91. The molecular formula is C18H21N5O2S. The van der Waals surface area contributed by atoms with Crippen LogP contribution in [0.5, 0.6) is 0 Å². The van der Waals surface area contributed by atoms with Gasteiger partial charge in [-0.3, -0.25) is 0 Å². The number of rotatable bonds is 2. The van der Waals surface area contributed by atoms with Crippen LogP contribution in [0.2, 0.25) is 0 Å². The molecule has 7 nitrogen and oxygen atoms in total. The molecule has 2 atom stereocenters. The van der Waals surface area contributed by atoms with Crippen molar-refractivity contribution in [2.45, 2.75) is 31.2 Å². The lowest BCUT2D eigenvalue weighted by molar-refractivity contribution is 0.196. The van der Waals surface area contributed by atoms with E-state index in [9.17, 15) is 8.42 Å². The maximum absolute atomic E-state index is 12.8. The van der Waals surface area contributed by atoms with Crippen molar-refractivity contribution < 1.29 is 8.42 Å². The van der Waals surface area contributed by atoms with Gasteiger partial charge in [-0.2, -0.15) is 13.5 Å². The molecule has 0 amide bonds. The van der Waals surface area contributed by atoms with Crippen LogP contribution < -0.4 is 5.32 Å². The molecule has 0 radical (unpaired) electrons. The van der Waals surface area contributed by atoms with Crippen molar-refractivity contribution >= 4 is 22.2 Å². The first-order valence-electron chi connectivity index (χ1n) is 8.43. The summed E-state index contributed by atoms with van der Waals surface area (Å²) in [5.41, 5.74) is 1.50. The fourth-order valence-electron chi connectivity index (χ4n) is 3.51. The minimum Gasteiger partial charge on any atom is -0.356 e. The lowest BCUT2D eigenvalue weighted by Gasteiger charge is -2.46. The van der Waals surface area contributed by atoms with Gasteiger partial charge in [0.25, 0.3) is 10.0 Å². The smallest absolute Gasteiger partial charge is 0.285 e. The lowest BCUT2D eigenvalue weighted by atomic mass is 9.75. The standard InChI is InChI=1S/C18H21N5O2S/c1-13-5-4-6-14(11-13)26(24,25)21-17-20-15-12-22(3)10-8-18(15,2)16-7-9-19-23(16)17/h4-6,8-12,16H,7H2,1-3H3,(H,20,21). The van der Waals surface area contributed by atoms with Crippen LogP contribution >= 0.6 is 0 Å². The number of hydrogen-bond acceptors (Lipinski definition) is 4. The zero-order valence-corrected chi connectivity index (χ0v) is 15.7. The van der Waals surface area contributed by atoms with Gasteiger partial charge in [0, 0.05) is 37.8 Å². The van der Waals surface area contributed by atoms with Crippen molar-refractivity contribution in [3.8, 4) is 0 Å². The minimum atomic E-state index is -3.84. The highest BCUT2D eigenvalue weighted by molar-refractivity contribution is 7.90. The maximum atomic E-state index is 12.8. The Morgan fingerprint density at radius 3 is 2.96 bits per heavy atom. The second kappa shape index (κ2) is 5.70. The Balaban J connectivity index is 1.77. The van der Waals surface area contributed by atoms with E-state index >= 15 is 0 Å². The Morgan fingerprint density at radius 2 is 2.19 bits per heavy atom. The number of fused-ring (bicyclic) bond motifs is 3. The molecule has 1 N–H and O–H groups in total. The second-order valence-electron chi connectivity index (χ2n) is 7.03. The maximum Gasteiger partial charge on any atom is 0.285 e. The Bertz CT molecular complexity index is 979. The molecule has 0 aromatic heterocycles. The molecule has 0 aliphatic carbocycles. The van der Waals surface area contributed by atoms with Gasteiger partial charge in [0.15, 0.2) is 0 Å². The van der Waals surface area contributed by atoms with E-state index in [0.29, 0.717) is 0 Å². The molecule has 3 heterocycles. The Kier molecular flexibility index (Phi) is 3.69. The van der Waals surface area contributed by atoms with Crippen LogP contribution in [0.25, 0.3) is 0 Å². The van der Waals surface area contributed by atoms with Crippen molar-refractivity contribution in [2.75, 3.05) is 7.05 Å². The van der Waals surface area contributed by atoms with Gasteiger partial charge in [-0.25, -0.2) is 5.01 Å². The molecule has 1 aromatic rings. The summed E-state index contributed by atoms with van der Waals surface area (Å²) in [4.78, 5) is 2.11. The number of hydrazone groups is 1. The third-order valence-corrected chi connectivity index (χ3v) is 6.31. The molecule has 1 aromatic carbocycles. The Morgan fingerprint density at radius 1 is 1.38 bits per heavy atom. The number of guanidine groups is 1. The van der Waals surface area contributed by atoms with Gasteiger partial charge >= 0.3 is 0 Å². The highest BCUT2D eigenvalue weighted by Crippen LogP contribution is 2.43. The average Bonchev–Trinajstić information content (AvgIpc) is 3.08. The molecule has 1 fully saturated rings. The van der Waals surface area contributed by atoms with E-state index in [4.69, 9.17) is 0 Å². The number of hydrogen-bond donors (Lipinski definition) is 1. The first-order valence-corrected chi connectivity index (χ1v) is 9.87. The zero-order chi connectivity index (χ0) is 18.5. The van der Waals surface area contributed by atoms with Crippen LogP contribution in [-0.2, 0) is 10.0 Å². The highest BCUT2D eigenvalue weighted by atomic mass is 32.2. The normalized spacial score (nSPS) is 28.7. The molecule has 2 unspecified atom stereocenters. The van der Waals surface area contributed by atoms with Crippen molar-refractivity contribution in [3.05, 3.63) is 54.0 Å². The van der Waals surface area contributed by atoms with Crippen molar-refractivity contribution in [3.63, 3.8) is 0 Å². The van der Waals surface area contributed by atoms with E-state index in [-0.39, 0.29) is 22.3 Å². The molecule has 0 spiro atoms. The van der Waals surface area contributed by atoms with E-state index in [0.717, 1.165) is 17.7 Å². The van der Waals surface area contributed by atoms with Crippen LogP contribution in [0.1, 0.15) is 18.9 Å². The lowest BCUT2D eigenvalue weighted by Crippen LogP contribution is -2.58. The fourth-order valence-corrected chi connectivity index (χ4v) is 4.55. The summed E-state index contributed by atoms with van der Waals surface area (Å²) in [5, 5.41) is 9.24. The van der Waals surface area contributed by atoms with Gasteiger partial charge in [-0.05, 0) is 31.5 Å². The number of benzene rings is 1. The first-order chi connectivity index (χ1) is 12.3. The predicted octanol–water partition coefficient (Wildman–Crippen LogP) is 2.01. The molecule has 8 heteroatoms. The van der Waals surface area contributed by atoms with Crippen molar-refractivity contribution in [2.24, 2.45) is 14.9 Å². The SMILES string of the molecule is Cc1cccc(S(=O)(=O)/N=C2\NC3=CN(C)C=CC3(C)C3CC=NN23)c1. The van der Waals surface area contributed by atoms with Gasteiger partial charge in [-0.15, -0.1) is 4.40 Å². The van der Waals surface area contributed by atoms with Gasteiger partial charge in [-0.1, -0.05) is 18.2 Å². The quantitative estimate of drug-likeness (QED) is 0.860. The summed E-state index contributed by atoms with van der Waals surface area (Å²) in [6.45, 7) is 3.97. The van der Waals surface area contributed by atoms with Gasteiger partial charge < -0.3 is 10.2 Å². The van der Waals surface area contributed by atoms with Crippen LogP contribution in [0.3, 0.4) is 0 Å². The molecule has 1 saturated heterocycles. The Hall–Kier alpha value is -2.61. The number of nitrogens with one attached hydrogen (secondary N) is 1. The van der Waals surface area contributed by atoms with E-state index in [1.165, 1.54) is 0 Å². The monoisotopic (exact) mass is 371 g/mol. The summed E-state index contributed by atoms with van der Waals surface area (Å²) in [6, 6.07) is 6.74. The summed E-state index contributed by atoms with van der Waals surface area (Å²) >= 11 is 0. The molecule has 4 rings (SSSR count). The van der Waals surface area contributed by atoms with Gasteiger partial charge in [0.05, 0.1) is 16.4 Å². The van der Waals surface area contributed by atoms with Gasteiger partial charge in [0.2, 0.25) is 5.96 Å². The van der Waals surface area contributed by atoms with Gasteiger partial charge in [0.1, 0.15) is 0 Å². The van der Waals surface area contributed by atoms with E-state index in [1.54, 1.807) is 23.2 Å². The number of sulfonamides is 1. The average molecular weight is 371 g/mol. The summed E-state index contributed by atoms with van der Waals surface area (Å²) in [6.07, 6.45) is 8.62. The van der Waals surface area contributed by atoms with Crippen LogP contribution in [0.15, 0.2) is 62.8 Å². The number of aryl methyl sites for hydroxylation is 1. The Labute approximate surface area is 153 Å². The topological polar surface area (TPSA) is 77.4 Å². The van der Waals surface area contributed by atoms with E-state index in [1.807, 2.05) is 43.6 Å². The third-order valence-electron chi connectivity index (χ3n) is 5.05. The summed E-state index contributed by atoms with van der Waals surface area (Å²) in [5.74, 6) is 0.234. The van der Waals surface area contributed by atoms with Crippen molar-refractivity contribution in [1.29, 1.82) is 0 Å². The first kappa shape index (κ1) is 16.8. The summed E-state index contributed by atoms with van der Waals surface area (Å²) < 4.78 is 29.7. The third kappa shape index (κ3) is 2.61. The molecular weight excluding hydrogens is 350 g/mol. The minimum absolute atomic E-state index is 0.00795. The fraction of sp³-hybridized carbons (Fsp3) is 0.333. The molecule has 136 valence electrons. The van der Waals surface area contributed by atoms with E-state index < -0.39 is 10.0 Å². The van der Waals surface area contributed by atoms with Crippen LogP contribution in [0.4, 0.5) is 0 Å². The molecule has 0 bridgehead atoms. The molecule has 26 heavy (non-hydrogen) atoms. The number of nitrogens with zero attached hydrogens (tertiary/aromatic N) is 4. The van der Waals surface area contributed by atoms with E-state index in [2.05, 4.69) is 27.8 Å². The predicted molar refractivity (Wildman–Crippen MR) is 101 cm³/mol. The van der Waals surface area contributed by atoms with Crippen molar-refractivity contribution in [1.82, 2.24) is 15.2 Å². The second-order valence-corrected chi connectivity index (χ2v) is 8.64.